The highest BCUT2D eigenvalue weighted by atomic mass is 32.2. The van der Waals surface area contributed by atoms with Crippen LogP contribution >= 0.6 is 0 Å². The van der Waals surface area contributed by atoms with Gasteiger partial charge in [0.2, 0.25) is 10.0 Å². The van der Waals surface area contributed by atoms with E-state index in [0.717, 1.165) is 50.0 Å². The molecule has 146 valence electrons. The maximum absolute atomic E-state index is 13.2. The molecular weight excluding hydrogens is 346 g/mol. The molecule has 26 heavy (non-hydrogen) atoms. The van der Waals surface area contributed by atoms with Crippen molar-refractivity contribution in [3.8, 4) is 0 Å². The Kier molecular flexibility index (Phi) is 7.09. The van der Waals surface area contributed by atoms with Crippen molar-refractivity contribution in [3.05, 3.63) is 35.4 Å². The Balaban J connectivity index is 1.66. The van der Waals surface area contributed by atoms with E-state index < -0.39 is 10.0 Å². The van der Waals surface area contributed by atoms with Gasteiger partial charge in [-0.05, 0) is 70.8 Å². The second-order valence-corrected chi connectivity index (χ2v) is 9.68. The molecule has 5 nitrogen and oxygen atoms in total. The Morgan fingerprint density at radius 3 is 2.54 bits per heavy atom. The smallest absolute Gasteiger partial charge is 0.218 e. The van der Waals surface area contributed by atoms with E-state index in [2.05, 4.69) is 10.2 Å². The van der Waals surface area contributed by atoms with Gasteiger partial charge in [0, 0.05) is 19.1 Å². The minimum absolute atomic E-state index is 0.0952. The van der Waals surface area contributed by atoms with Crippen LogP contribution in [0, 0.1) is 6.92 Å². The lowest BCUT2D eigenvalue weighted by atomic mass is 10.1. The van der Waals surface area contributed by atoms with Crippen LogP contribution in [0.2, 0.25) is 0 Å². The monoisotopic (exact) mass is 379 g/mol. The number of nitrogens with zero attached hydrogens (tertiary/aromatic N) is 2. The highest BCUT2D eigenvalue weighted by Gasteiger charge is 2.31. The predicted octanol–water partition coefficient (Wildman–Crippen LogP) is 2.36. The molecule has 2 heterocycles. The molecule has 2 aliphatic heterocycles. The number of sulfonamides is 1. The first-order valence-electron chi connectivity index (χ1n) is 10.0. The summed E-state index contributed by atoms with van der Waals surface area (Å²) < 4.78 is 28.2. The first-order chi connectivity index (χ1) is 12.5. The first-order valence-corrected chi connectivity index (χ1v) is 11.6. The van der Waals surface area contributed by atoms with E-state index in [0.29, 0.717) is 6.54 Å². The van der Waals surface area contributed by atoms with Crippen LogP contribution in [0.5, 0.6) is 0 Å². The molecule has 0 saturated carbocycles. The van der Waals surface area contributed by atoms with Crippen LogP contribution in [0.15, 0.2) is 24.3 Å². The van der Waals surface area contributed by atoms with Crippen molar-refractivity contribution < 1.29 is 8.42 Å². The van der Waals surface area contributed by atoms with Gasteiger partial charge in [-0.3, -0.25) is 0 Å². The van der Waals surface area contributed by atoms with Gasteiger partial charge in [-0.25, -0.2) is 8.42 Å². The fourth-order valence-electron chi connectivity index (χ4n) is 4.06. The van der Waals surface area contributed by atoms with Gasteiger partial charge in [0.1, 0.15) is 0 Å². The molecule has 1 N–H and O–H groups in total. The summed E-state index contributed by atoms with van der Waals surface area (Å²) in [7, 11) is -3.31. The molecule has 2 fully saturated rings. The van der Waals surface area contributed by atoms with Gasteiger partial charge in [-0.15, -0.1) is 0 Å². The molecule has 2 aliphatic rings. The zero-order valence-electron chi connectivity index (χ0n) is 16.0. The lowest BCUT2D eigenvalue weighted by Crippen LogP contribution is -2.49. The van der Waals surface area contributed by atoms with E-state index in [4.69, 9.17) is 0 Å². The topological polar surface area (TPSA) is 52.7 Å². The van der Waals surface area contributed by atoms with Crippen molar-refractivity contribution in [3.63, 3.8) is 0 Å². The van der Waals surface area contributed by atoms with Crippen LogP contribution in [0.25, 0.3) is 0 Å². The van der Waals surface area contributed by atoms with Gasteiger partial charge in [-0.2, -0.15) is 4.31 Å². The zero-order chi connectivity index (χ0) is 18.4. The molecule has 0 bridgehead atoms. The van der Waals surface area contributed by atoms with E-state index >= 15 is 0 Å². The lowest BCUT2D eigenvalue weighted by Gasteiger charge is -2.34. The van der Waals surface area contributed by atoms with Crippen molar-refractivity contribution in [1.29, 1.82) is 0 Å². The van der Waals surface area contributed by atoms with Gasteiger partial charge in [-0.1, -0.05) is 29.8 Å². The van der Waals surface area contributed by atoms with Crippen LogP contribution in [0.4, 0.5) is 0 Å². The molecule has 0 spiro atoms. The van der Waals surface area contributed by atoms with Gasteiger partial charge < -0.3 is 10.2 Å². The van der Waals surface area contributed by atoms with Crippen molar-refractivity contribution in [2.45, 2.75) is 50.8 Å². The fourth-order valence-corrected chi connectivity index (χ4v) is 5.88. The minimum Gasteiger partial charge on any atom is -0.315 e. The number of piperidine rings is 1. The number of nitrogens with one attached hydrogen (secondary N) is 1. The molecule has 0 aliphatic carbocycles. The summed E-state index contributed by atoms with van der Waals surface area (Å²) in [6.45, 7) is 7.78. The van der Waals surface area contributed by atoms with Gasteiger partial charge >= 0.3 is 0 Å². The maximum atomic E-state index is 13.2. The van der Waals surface area contributed by atoms with Gasteiger partial charge in [0.05, 0.1) is 5.75 Å². The molecule has 1 atom stereocenters. The molecule has 0 amide bonds. The van der Waals surface area contributed by atoms with E-state index in [-0.39, 0.29) is 11.8 Å². The number of hydrogen-bond acceptors (Lipinski definition) is 4. The summed E-state index contributed by atoms with van der Waals surface area (Å²) in [4.78, 5) is 2.46. The van der Waals surface area contributed by atoms with Crippen LogP contribution in [-0.2, 0) is 15.8 Å². The third-order valence-electron chi connectivity index (χ3n) is 5.56. The van der Waals surface area contributed by atoms with Crippen LogP contribution < -0.4 is 5.32 Å². The highest BCUT2D eigenvalue weighted by Crippen LogP contribution is 2.20. The molecule has 1 aromatic carbocycles. The highest BCUT2D eigenvalue weighted by molar-refractivity contribution is 7.88. The lowest BCUT2D eigenvalue weighted by molar-refractivity contribution is 0.246. The Morgan fingerprint density at radius 1 is 1.15 bits per heavy atom. The average molecular weight is 380 g/mol. The van der Waals surface area contributed by atoms with Crippen molar-refractivity contribution >= 4 is 10.0 Å². The van der Waals surface area contributed by atoms with E-state index in [1.165, 1.54) is 25.9 Å². The maximum Gasteiger partial charge on any atom is 0.218 e. The largest absolute Gasteiger partial charge is 0.315 e. The Bertz CT molecular complexity index is 648. The normalized spacial score (nSPS) is 22.2. The molecular formula is C20H33N3O2S. The molecule has 1 aromatic rings. The van der Waals surface area contributed by atoms with Crippen molar-refractivity contribution in [2.24, 2.45) is 0 Å². The van der Waals surface area contributed by atoms with Crippen LogP contribution in [0.3, 0.4) is 0 Å². The molecule has 0 radical (unpaired) electrons. The van der Waals surface area contributed by atoms with Crippen LogP contribution in [0.1, 0.15) is 43.2 Å². The van der Waals surface area contributed by atoms with Crippen molar-refractivity contribution in [2.75, 3.05) is 39.3 Å². The summed E-state index contributed by atoms with van der Waals surface area (Å²) in [6, 6.07) is 7.95. The summed E-state index contributed by atoms with van der Waals surface area (Å²) in [6.07, 6.45) is 5.49. The number of likely N-dealkylation sites (tertiary alicyclic amines) is 1. The van der Waals surface area contributed by atoms with E-state index in [9.17, 15) is 8.42 Å². The first kappa shape index (κ1) is 19.8. The summed E-state index contributed by atoms with van der Waals surface area (Å²) >= 11 is 0. The van der Waals surface area contributed by atoms with Gasteiger partial charge in [0.25, 0.3) is 0 Å². The third-order valence-corrected chi connectivity index (χ3v) is 7.45. The minimum atomic E-state index is -3.31. The molecule has 6 heteroatoms. The number of aryl methyl sites for hydroxylation is 1. The molecule has 2 saturated heterocycles. The standard InChI is InChI=1S/C20H33N3O2S/c1-18-7-9-19(10-8-18)17-26(24,25)23(20-6-4-11-21-16-20)15-5-14-22-12-2-3-13-22/h7-10,20-21H,2-6,11-17H2,1H3. The average Bonchev–Trinajstić information content (AvgIpc) is 3.14. The Morgan fingerprint density at radius 2 is 1.88 bits per heavy atom. The molecule has 0 aromatic heterocycles. The van der Waals surface area contributed by atoms with Crippen molar-refractivity contribution in [1.82, 2.24) is 14.5 Å². The predicted molar refractivity (Wildman–Crippen MR) is 107 cm³/mol. The summed E-state index contributed by atoms with van der Waals surface area (Å²) in [5, 5.41) is 3.37. The van der Waals surface area contributed by atoms with E-state index in [1.54, 1.807) is 4.31 Å². The summed E-state index contributed by atoms with van der Waals surface area (Å²) in [5.74, 6) is 0.105. The fraction of sp³-hybridized carbons (Fsp3) is 0.700. The second-order valence-electron chi connectivity index (χ2n) is 7.76. The molecule has 3 rings (SSSR count). The molecule has 1 unspecified atom stereocenters. The third kappa shape index (κ3) is 5.52. The Hall–Kier alpha value is -0.950. The quantitative estimate of drug-likeness (QED) is 0.753. The van der Waals surface area contributed by atoms with Gasteiger partial charge in [0.15, 0.2) is 0 Å². The van der Waals surface area contributed by atoms with E-state index in [1.807, 2.05) is 31.2 Å². The van der Waals surface area contributed by atoms with Crippen LogP contribution in [-0.4, -0.2) is 62.9 Å². The zero-order valence-corrected chi connectivity index (χ0v) is 16.8. The number of hydrogen-bond donors (Lipinski definition) is 1. The number of rotatable bonds is 8. The second kappa shape index (κ2) is 9.31. The number of benzene rings is 1. The SMILES string of the molecule is Cc1ccc(CS(=O)(=O)N(CCCN2CCCC2)C2CCCNC2)cc1. The Labute approximate surface area is 158 Å². The summed E-state index contributed by atoms with van der Waals surface area (Å²) in [5.41, 5.74) is 2.04.